The number of carbonyl (C=O) groups excluding carboxylic acids is 1. The number of nitro groups is 1. The van der Waals surface area contributed by atoms with E-state index >= 15 is 0 Å². The van der Waals surface area contributed by atoms with E-state index in [1.165, 1.54) is 0 Å². The van der Waals surface area contributed by atoms with E-state index in [4.69, 9.17) is 0 Å². The van der Waals surface area contributed by atoms with Crippen LogP contribution in [0.1, 0.15) is 22.8 Å². The maximum atomic E-state index is 12.6. The van der Waals surface area contributed by atoms with E-state index in [0.29, 0.717) is 6.07 Å². The van der Waals surface area contributed by atoms with Gasteiger partial charge in [0.25, 0.3) is 0 Å². The molecule has 1 rings (SSSR count). The van der Waals surface area contributed by atoms with Crippen molar-refractivity contribution in [1.29, 1.82) is 0 Å². The van der Waals surface area contributed by atoms with Crippen molar-refractivity contribution in [3.8, 4) is 5.75 Å². The molecule has 0 amide bonds. The van der Waals surface area contributed by atoms with Crippen LogP contribution in [0, 0.1) is 10.1 Å². The van der Waals surface area contributed by atoms with Gasteiger partial charge in [-0.1, -0.05) is 0 Å². The molecule has 0 aliphatic heterocycles. The van der Waals surface area contributed by atoms with Crippen molar-refractivity contribution < 1.29 is 36.4 Å². The van der Waals surface area contributed by atoms with Crippen LogP contribution in [0.5, 0.6) is 5.75 Å². The Morgan fingerprint density at radius 3 is 2.25 bits per heavy atom. The molecule has 0 unspecified atom stereocenters. The molecule has 0 saturated heterocycles. The second kappa shape index (κ2) is 5.39. The van der Waals surface area contributed by atoms with Gasteiger partial charge >= 0.3 is 18.5 Å². The van der Waals surface area contributed by atoms with E-state index in [2.05, 4.69) is 4.74 Å². The van der Waals surface area contributed by atoms with Gasteiger partial charge in [-0.05, 0) is 19.1 Å². The van der Waals surface area contributed by atoms with Crippen LogP contribution in [-0.2, 0) is 6.18 Å². The van der Waals surface area contributed by atoms with Crippen molar-refractivity contribution in [3.63, 3.8) is 0 Å². The predicted molar refractivity (Wildman–Crippen MR) is 54.7 cm³/mol. The molecule has 0 aliphatic carbocycles. The monoisotopic (exact) mass is 299 g/mol. The van der Waals surface area contributed by atoms with Crippen LogP contribution in [0.2, 0.25) is 0 Å². The third kappa shape index (κ3) is 3.19. The average Bonchev–Trinajstić information content (AvgIpc) is 2.25. The first kappa shape index (κ1) is 15.8. The fourth-order valence-electron chi connectivity index (χ4n) is 1.47. The molecule has 1 aromatic carbocycles. The van der Waals surface area contributed by atoms with Gasteiger partial charge in [-0.15, -0.1) is 0 Å². The summed E-state index contributed by atoms with van der Waals surface area (Å²) in [4.78, 5) is 20.5. The van der Waals surface area contributed by atoms with E-state index in [1.807, 2.05) is 0 Å². The van der Waals surface area contributed by atoms with Crippen LogP contribution in [0.15, 0.2) is 12.1 Å². The number of hydrogen-bond acceptors (Lipinski definition) is 4. The van der Waals surface area contributed by atoms with Gasteiger partial charge in [-0.25, -0.2) is 0 Å². The number of nitrogens with zero attached hydrogens (tertiary/aromatic N) is 1. The minimum atomic E-state index is -5.15. The SMILES string of the molecule is CC(=O)c1ccc(C(F)(F)F)c(OC(F)F)c1[N+](=O)[O-]. The second-order valence-corrected chi connectivity index (χ2v) is 3.53. The molecule has 0 atom stereocenters. The summed E-state index contributed by atoms with van der Waals surface area (Å²) in [6.07, 6.45) is -5.15. The lowest BCUT2D eigenvalue weighted by Crippen LogP contribution is -2.15. The molecule has 0 spiro atoms. The minimum Gasteiger partial charge on any atom is -0.427 e. The second-order valence-electron chi connectivity index (χ2n) is 3.53. The van der Waals surface area contributed by atoms with Gasteiger partial charge in [-0.3, -0.25) is 14.9 Å². The average molecular weight is 299 g/mol. The Labute approximate surface area is 108 Å². The van der Waals surface area contributed by atoms with E-state index in [-0.39, 0.29) is 6.07 Å². The van der Waals surface area contributed by atoms with Crippen molar-refractivity contribution in [2.75, 3.05) is 0 Å². The molecule has 0 radical (unpaired) electrons. The third-order valence-corrected chi connectivity index (χ3v) is 2.21. The van der Waals surface area contributed by atoms with E-state index < -0.39 is 46.1 Å². The molecular formula is C10H6F5NO4. The first-order valence-electron chi connectivity index (χ1n) is 4.90. The van der Waals surface area contributed by atoms with E-state index in [1.54, 1.807) is 0 Å². The van der Waals surface area contributed by atoms with E-state index in [0.717, 1.165) is 6.92 Å². The Balaban J connectivity index is 3.70. The molecule has 0 heterocycles. The Morgan fingerprint density at radius 2 is 1.90 bits per heavy atom. The van der Waals surface area contributed by atoms with Crippen LogP contribution < -0.4 is 4.74 Å². The third-order valence-electron chi connectivity index (χ3n) is 2.21. The van der Waals surface area contributed by atoms with Gasteiger partial charge in [0.2, 0.25) is 5.75 Å². The molecular weight excluding hydrogens is 293 g/mol. The Kier molecular flexibility index (Phi) is 4.26. The number of carbonyl (C=O) groups is 1. The fraction of sp³-hybridized carbons (Fsp3) is 0.300. The molecule has 0 saturated carbocycles. The summed E-state index contributed by atoms with van der Waals surface area (Å²) < 4.78 is 65.9. The molecule has 5 nitrogen and oxygen atoms in total. The highest BCUT2D eigenvalue weighted by Crippen LogP contribution is 2.43. The summed E-state index contributed by atoms with van der Waals surface area (Å²) in [6.45, 7) is -2.86. The zero-order valence-electron chi connectivity index (χ0n) is 9.70. The molecule has 10 heteroatoms. The van der Waals surface area contributed by atoms with E-state index in [9.17, 15) is 36.9 Å². The van der Waals surface area contributed by atoms with Gasteiger partial charge in [0.05, 0.1) is 10.5 Å². The first-order chi connectivity index (χ1) is 9.05. The quantitative estimate of drug-likeness (QED) is 0.370. The zero-order chi connectivity index (χ0) is 15.7. The van der Waals surface area contributed by atoms with Crippen molar-refractivity contribution in [2.45, 2.75) is 19.7 Å². The predicted octanol–water partition coefficient (Wildman–Crippen LogP) is 3.42. The van der Waals surface area contributed by atoms with Gasteiger partial charge < -0.3 is 4.74 Å². The summed E-state index contributed by atoms with van der Waals surface area (Å²) in [6, 6.07) is 0.822. The topological polar surface area (TPSA) is 69.4 Å². The lowest BCUT2D eigenvalue weighted by molar-refractivity contribution is -0.387. The molecule has 0 aliphatic rings. The van der Waals surface area contributed by atoms with Gasteiger partial charge in [0.15, 0.2) is 5.78 Å². The van der Waals surface area contributed by atoms with Gasteiger partial charge in [0, 0.05) is 0 Å². The number of Topliss-reactive ketones (excluding diaryl/α,β-unsaturated/α-hetero) is 1. The number of alkyl halides is 5. The summed E-state index contributed by atoms with van der Waals surface area (Å²) in [5.74, 6) is -2.63. The number of halogens is 5. The van der Waals surface area contributed by atoms with Crippen molar-refractivity contribution in [3.05, 3.63) is 33.4 Å². The Bertz CT molecular complexity index is 555. The minimum absolute atomic E-state index is 0.279. The molecule has 0 N–H and O–H groups in total. The summed E-state index contributed by atoms with van der Waals surface area (Å²) in [7, 11) is 0. The lowest BCUT2D eigenvalue weighted by atomic mass is 10.0. The Morgan fingerprint density at radius 1 is 1.35 bits per heavy atom. The van der Waals surface area contributed by atoms with Crippen LogP contribution >= 0.6 is 0 Å². The standard InChI is InChI=1S/C10H6F5NO4/c1-4(17)5-2-3-6(10(13,14)15)8(20-9(11)12)7(5)16(18)19/h2-3,9H,1H3. The number of benzene rings is 1. The van der Waals surface area contributed by atoms with Crippen molar-refractivity contribution in [1.82, 2.24) is 0 Å². The zero-order valence-corrected chi connectivity index (χ0v) is 9.70. The number of ketones is 1. The van der Waals surface area contributed by atoms with Crippen LogP contribution in [0.25, 0.3) is 0 Å². The van der Waals surface area contributed by atoms with Crippen LogP contribution in [0.3, 0.4) is 0 Å². The van der Waals surface area contributed by atoms with Crippen molar-refractivity contribution >= 4 is 11.5 Å². The maximum absolute atomic E-state index is 12.6. The van der Waals surface area contributed by atoms with Crippen LogP contribution in [-0.4, -0.2) is 17.3 Å². The number of rotatable bonds is 4. The summed E-state index contributed by atoms with van der Waals surface area (Å²) in [5, 5.41) is 10.8. The van der Waals surface area contributed by atoms with Gasteiger partial charge in [0.1, 0.15) is 5.56 Å². The number of ether oxygens (including phenoxy) is 1. The Hall–Kier alpha value is -2.26. The first-order valence-corrected chi connectivity index (χ1v) is 4.90. The van der Waals surface area contributed by atoms with Crippen molar-refractivity contribution in [2.24, 2.45) is 0 Å². The summed E-state index contributed by atoms with van der Waals surface area (Å²) >= 11 is 0. The summed E-state index contributed by atoms with van der Waals surface area (Å²) in [5.41, 5.74) is -3.94. The molecule has 1 aromatic rings. The highest BCUT2D eigenvalue weighted by molar-refractivity contribution is 5.99. The molecule has 0 bridgehead atoms. The number of hydrogen-bond donors (Lipinski definition) is 0. The molecule has 0 fully saturated rings. The van der Waals surface area contributed by atoms with Gasteiger partial charge in [-0.2, -0.15) is 22.0 Å². The molecule has 110 valence electrons. The largest absolute Gasteiger partial charge is 0.427 e. The maximum Gasteiger partial charge on any atom is 0.420 e. The normalized spacial score (nSPS) is 11.6. The lowest BCUT2D eigenvalue weighted by Gasteiger charge is -2.14. The van der Waals surface area contributed by atoms with Crippen LogP contribution in [0.4, 0.5) is 27.6 Å². The fourth-order valence-corrected chi connectivity index (χ4v) is 1.47. The molecule has 20 heavy (non-hydrogen) atoms. The highest BCUT2D eigenvalue weighted by atomic mass is 19.4. The molecule has 0 aromatic heterocycles. The highest BCUT2D eigenvalue weighted by Gasteiger charge is 2.41. The smallest absolute Gasteiger partial charge is 0.420 e. The number of nitro benzene ring substituents is 1.